The van der Waals surface area contributed by atoms with Gasteiger partial charge in [-0.25, -0.2) is 4.79 Å². The summed E-state index contributed by atoms with van der Waals surface area (Å²) < 4.78 is 84.0. The molecule has 25 heavy (non-hydrogen) atoms. The maximum atomic E-state index is 12.5. The third-order valence-electron chi connectivity index (χ3n) is 3.16. The first kappa shape index (κ1) is 23.9. The second-order valence-corrected chi connectivity index (χ2v) is 5.57. The van der Waals surface area contributed by atoms with Gasteiger partial charge < -0.3 is 9.84 Å². The normalized spacial score (nSPS) is 16.4. The lowest BCUT2D eigenvalue weighted by atomic mass is 9.92. The fraction of sp³-hybridized carbons (Fsp3) is 0.929. The van der Waals surface area contributed by atoms with Gasteiger partial charge in [0.05, 0.1) is 12.2 Å². The van der Waals surface area contributed by atoms with Gasteiger partial charge in [0.25, 0.3) is 0 Å². The molecule has 0 aliphatic rings. The van der Waals surface area contributed by atoms with Crippen molar-refractivity contribution in [1.29, 1.82) is 0 Å². The molecule has 1 N–H and O–H groups in total. The van der Waals surface area contributed by atoms with Gasteiger partial charge in [-0.3, -0.25) is 9.47 Å². The van der Waals surface area contributed by atoms with Crippen LogP contribution >= 0.6 is 0 Å². The van der Waals surface area contributed by atoms with Crippen LogP contribution < -0.4 is 0 Å². The number of esters is 1. The predicted octanol–water partition coefficient (Wildman–Crippen LogP) is 3.69. The van der Waals surface area contributed by atoms with E-state index in [9.17, 15) is 36.2 Å². The first-order chi connectivity index (χ1) is 11.3. The molecule has 0 aromatic carbocycles. The number of halogens is 6. The number of carbonyl (C=O) groups excluding carboxylic acids is 1. The van der Waals surface area contributed by atoms with Crippen molar-refractivity contribution >= 4 is 5.97 Å². The number of ether oxygens (including phenoxy) is 3. The van der Waals surface area contributed by atoms with Crippen LogP contribution in [0.2, 0.25) is 0 Å². The average molecular weight is 384 g/mol. The van der Waals surface area contributed by atoms with Crippen molar-refractivity contribution in [1.82, 2.24) is 0 Å². The Morgan fingerprint density at radius 2 is 1.60 bits per heavy atom. The zero-order chi connectivity index (χ0) is 19.7. The Labute approximate surface area is 141 Å². The van der Waals surface area contributed by atoms with Crippen molar-refractivity contribution in [2.75, 3.05) is 13.2 Å². The van der Waals surface area contributed by atoms with Gasteiger partial charge in [0.1, 0.15) is 6.61 Å². The summed E-state index contributed by atoms with van der Waals surface area (Å²) in [5, 5.41) is 10.2. The molecule has 0 heterocycles. The van der Waals surface area contributed by atoms with Crippen LogP contribution in [0.15, 0.2) is 0 Å². The highest BCUT2D eigenvalue weighted by atomic mass is 19.4. The van der Waals surface area contributed by atoms with Crippen LogP contribution in [0.4, 0.5) is 26.3 Å². The van der Waals surface area contributed by atoms with E-state index in [1.807, 2.05) is 6.92 Å². The maximum absolute atomic E-state index is 12.5. The molecule has 0 saturated heterocycles. The summed E-state index contributed by atoms with van der Waals surface area (Å²) in [6.07, 6.45) is -10.2. The standard InChI is InChI=1S/C14H22F6O5/c1-3-4-5-6-7-12(2,22)10(25-14(18,19)20)11(21)23-8-9-24-13(15,16)17/h10,22H,3-9H2,1-2H3. The third kappa shape index (κ3) is 12.0. The second-order valence-electron chi connectivity index (χ2n) is 5.57. The second kappa shape index (κ2) is 10.2. The third-order valence-corrected chi connectivity index (χ3v) is 3.16. The van der Waals surface area contributed by atoms with Crippen molar-refractivity contribution in [2.24, 2.45) is 0 Å². The van der Waals surface area contributed by atoms with Gasteiger partial charge in [-0.05, 0) is 13.3 Å². The first-order valence-corrected chi connectivity index (χ1v) is 7.63. The lowest BCUT2D eigenvalue weighted by Gasteiger charge is -2.31. The zero-order valence-corrected chi connectivity index (χ0v) is 13.9. The number of hydrogen-bond donors (Lipinski definition) is 1. The van der Waals surface area contributed by atoms with Crippen molar-refractivity contribution in [2.45, 2.75) is 70.4 Å². The van der Waals surface area contributed by atoms with Gasteiger partial charge >= 0.3 is 18.7 Å². The Kier molecular flexibility index (Phi) is 9.73. The molecule has 2 atom stereocenters. The summed E-state index contributed by atoms with van der Waals surface area (Å²) in [5.74, 6) is -1.62. The highest BCUT2D eigenvalue weighted by molar-refractivity contribution is 5.76. The van der Waals surface area contributed by atoms with Gasteiger partial charge in [-0.2, -0.15) is 0 Å². The summed E-state index contributed by atoms with van der Waals surface area (Å²) in [5.41, 5.74) is -2.20. The molecule has 0 fully saturated rings. The lowest BCUT2D eigenvalue weighted by molar-refractivity contribution is -0.356. The van der Waals surface area contributed by atoms with Crippen LogP contribution in [-0.4, -0.2) is 48.7 Å². The van der Waals surface area contributed by atoms with E-state index in [1.54, 1.807) is 0 Å². The average Bonchev–Trinajstić information content (AvgIpc) is 2.43. The van der Waals surface area contributed by atoms with Gasteiger partial charge in [-0.15, -0.1) is 26.3 Å². The summed E-state index contributed by atoms with van der Waals surface area (Å²) in [6, 6.07) is 0. The van der Waals surface area contributed by atoms with E-state index in [4.69, 9.17) is 0 Å². The minimum absolute atomic E-state index is 0.179. The van der Waals surface area contributed by atoms with Crippen LogP contribution in [0, 0.1) is 0 Å². The largest absolute Gasteiger partial charge is 0.523 e. The summed E-state index contributed by atoms with van der Waals surface area (Å²) in [4.78, 5) is 11.7. The van der Waals surface area contributed by atoms with E-state index in [0.717, 1.165) is 19.8 Å². The molecule has 0 aromatic heterocycles. The number of alkyl halides is 6. The number of unbranched alkanes of at least 4 members (excludes halogenated alkanes) is 3. The minimum Gasteiger partial charge on any atom is -0.461 e. The molecule has 0 spiro atoms. The van der Waals surface area contributed by atoms with Gasteiger partial charge in [0.2, 0.25) is 0 Å². The fourth-order valence-corrected chi connectivity index (χ4v) is 1.98. The monoisotopic (exact) mass is 384 g/mol. The molecule has 0 amide bonds. The molecule has 5 nitrogen and oxygen atoms in total. The van der Waals surface area contributed by atoms with Gasteiger partial charge in [0.15, 0.2) is 6.10 Å². The molecule has 0 aliphatic carbocycles. The van der Waals surface area contributed by atoms with Gasteiger partial charge in [-0.1, -0.05) is 32.6 Å². The topological polar surface area (TPSA) is 65.0 Å². The van der Waals surface area contributed by atoms with Crippen molar-refractivity contribution < 1.29 is 50.5 Å². The quantitative estimate of drug-likeness (QED) is 0.334. The summed E-state index contributed by atoms with van der Waals surface area (Å²) in [7, 11) is 0. The van der Waals surface area contributed by atoms with Gasteiger partial charge in [0, 0.05) is 0 Å². The molecule has 11 heteroatoms. The molecule has 0 aliphatic heterocycles. The molecule has 0 saturated carbocycles. The Balaban J connectivity index is 4.76. The van der Waals surface area contributed by atoms with E-state index in [1.165, 1.54) is 0 Å². The van der Waals surface area contributed by atoms with E-state index in [2.05, 4.69) is 14.2 Å². The SMILES string of the molecule is CCCCCCC(C)(O)C(OC(F)(F)F)C(=O)OCCOC(F)(F)F. The molecule has 150 valence electrons. The van der Waals surface area contributed by atoms with Crippen molar-refractivity contribution in [3.05, 3.63) is 0 Å². The summed E-state index contributed by atoms with van der Waals surface area (Å²) >= 11 is 0. The van der Waals surface area contributed by atoms with E-state index >= 15 is 0 Å². The van der Waals surface area contributed by atoms with E-state index in [-0.39, 0.29) is 6.42 Å². The Bertz CT molecular complexity index is 394. The Morgan fingerprint density at radius 3 is 2.08 bits per heavy atom. The highest BCUT2D eigenvalue weighted by Crippen LogP contribution is 2.29. The first-order valence-electron chi connectivity index (χ1n) is 7.63. The van der Waals surface area contributed by atoms with Crippen LogP contribution in [0.3, 0.4) is 0 Å². The van der Waals surface area contributed by atoms with Crippen LogP contribution in [0.5, 0.6) is 0 Å². The number of hydrogen-bond acceptors (Lipinski definition) is 5. The molecule has 0 radical (unpaired) electrons. The smallest absolute Gasteiger partial charge is 0.461 e. The highest BCUT2D eigenvalue weighted by Gasteiger charge is 2.47. The van der Waals surface area contributed by atoms with E-state index < -0.39 is 43.6 Å². The molecule has 0 aromatic rings. The summed E-state index contributed by atoms with van der Waals surface area (Å²) in [6.45, 7) is 0.853. The zero-order valence-electron chi connectivity index (χ0n) is 13.9. The number of rotatable bonds is 11. The predicted molar refractivity (Wildman–Crippen MR) is 73.3 cm³/mol. The Morgan fingerprint density at radius 1 is 1.00 bits per heavy atom. The fourth-order valence-electron chi connectivity index (χ4n) is 1.98. The molecule has 0 rings (SSSR count). The lowest BCUT2D eigenvalue weighted by Crippen LogP contribution is -2.50. The van der Waals surface area contributed by atoms with E-state index in [0.29, 0.717) is 12.8 Å². The van der Waals surface area contributed by atoms with Crippen molar-refractivity contribution in [3.63, 3.8) is 0 Å². The van der Waals surface area contributed by atoms with Crippen LogP contribution in [0.1, 0.15) is 46.0 Å². The number of aliphatic hydroxyl groups is 1. The van der Waals surface area contributed by atoms with Crippen molar-refractivity contribution in [3.8, 4) is 0 Å². The molecule has 0 bridgehead atoms. The molecular weight excluding hydrogens is 362 g/mol. The Hall–Kier alpha value is -1.07. The maximum Gasteiger partial charge on any atom is 0.523 e. The minimum atomic E-state index is -5.24. The van der Waals surface area contributed by atoms with Crippen LogP contribution in [-0.2, 0) is 19.0 Å². The van der Waals surface area contributed by atoms with Crippen LogP contribution in [0.25, 0.3) is 0 Å². The molecular formula is C14H22F6O5. The number of carbonyl (C=O) groups is 1. The molecule has 2 unspecified atom stereocenters.